The molecule has 5 heteroatoms. The van der Waals surface area contributed by atoms with Gasteiger partial charge in [-0.1, -0.05) is 77.8 Å². The van der Waals surface area contributed by atoms with Crippen molar-refractivity contribution in [1.29, 1.82) is 0 Å². The molecule has 0 fully saturated rings. The van der Waals surface area contributed by atoms with E-state index in [-0.39, 0.29) is 11.5 Å². The molecule has 2 heterocycles. The monoisotopic (exact) mass is 442 g/mol. The molecule has 1 aliphatic rings. The zero-order valence-electron chi connectivity index (χ0n) is 16.2. The van der Waals surface area contributed by atoms with E-state index in [4.69, 9.17) is 23.2 Å². The van der Waals surface area contributed by atoms with Crippen molar-refractivity contribution < 1.29 is 0 Å². The van der Waals surface area contributed by atoms with Crippen LogP contribution >= 0.6 is 23.2 Å². The Kier molecular flexibility index (Phi) is 4.10. The molecule has 150 valence electrons. The van der Waals surface area contributed by atoms with E-state index in [0.29, 0.717) is 15.6 Å². The van der Waals surface area contributed by atoms with Crippen LogP contribution in [0.5, 0.6) is 0 Å². The van der Waals surface area contributed by atoms with Crippen molar-refractivity contribution in [3.05, 3.63) is 116 Å². The van der Waals surface area contributed by atoms with E-state index in [1.165, 1.54) is 0 Å². The summed E-state index contributed by atoms with van der Waals surface area (Å²) in [6.45, 7) is 0. The maximum Gasteiger partial charge on any atom is 0.254 e. The lowest BCUT2D eigenvalue weighted by molar-refractivity contribution is 0.949. The molecule has 0 saturated heterocycles. The lowest BCUT2D eigenvalue weighted by Gasteiger charge is -2.31. The molecule has 2 N–H and O–H groups in total. The molecule has 5 aromatic rings. The summed E-state index contributed by atoms with van der Waals surface area (Å²) in [6, 6.07) is 25.7. The van der Waals surface area contributed by atoms with Crippen LogP contribution in [0.15, 0.2) is 83.7 Å². The minimum atomic E-state index is -0.338. The maximum absolute atomic E-state index is 13.4. The Bertz CT molecular complexity index is 1570. The molecule has 0 amide bonds. The standard InChI is InChI=1S/C26H16Cl2N2O/c27-15-10-11-17(19(28)13-15)23-22-16-6-2-1-5-14(16)9-12-21(22)29-25-18-7-3-4-8-20(18)30-26(31)24(23)25/h1-13,23,29H,(H,30,31). The van der Waals surface area contributed by atoms with Gasteiger partial charge in [-0.2, -0.15) is 0 Å². The maximum atomic E-state index is 13.4. The van der Waals surface area contributed by atoms with E-state index in [1.807, 2.05) is 48.5 Å². The quantitative estimate of drug-likeness (QED) is 0.282. The first kappa shape index (κ1) is 18.5. The Morgan fingerprint density at radius 1 is 0.774 bits per heavy atom. The van der Waals surface area contributed by atoms with Gasteiger partial charge in [0.05, 0.1) is 16.8 Å². The van der Waals surface area contributed by atoms with Crippen molar-refractivity contribution in [2.24, 2.45) is 0 Å². The van der Waals surface area contributed by atoms with Crippen LogP contribution in [0.3, 0.4) is 0 Å². The van der Waals surface area contributed by atoms with Crippen molar-refractivity contribution in [1.82, 2.24) is 4.98 Å². The first-order valence-corrected chi connectivity index (χ1v) is 10.8. The van der Waals surface area contributed by atoms with Crippen LogP contribution in [0.2, 0.25) is 10.0 Å². The summed E-state index contributed by atoms with van der Waals surface area (Å²) in [5.41, 5.74) is 5.01. The number of para-hydroxylation sites is 1. The van der Waals surface area contributed by atoms with E-state index in [1.54, 1.807) is 6.07 Å². The number of H-pyrrole nitrogens is 1. The average Bonchev–Trinajstić information content (AvgIpc) is 2.78. The second-order valence-corrected chi connectivity index (χ2v) is 8.60. The lowest BCUT2D eigenvalue weighted by Crippen LogP contribution is -2.25. The Hall–Kier alpha value is -3.27. The van der Waals surface area contributed by atoms with Crippen molar-refractivity contribution in [2.75, 3.05) is 5.32 Å². The van der Waals surface area contributed by atoms with Gasteiger partial charge in [0.25, 0.3) is 5.56 Å². The smallest absolute Gasteiger partial charge is 0.254 e. The third-order valence-corrected chi connectivity index (χ3v) is 6.60. The number of fused-ring (bicyclic) bond motifs is 6. The minimum Gasteiger partial charge on any atom is -0.354 e. The van der Waals surface area contributed by atoms with Gasteiger partial charge in [0.1, 0.15) is 0 Å². The Morgan fingerprint density at radius 3 is 2.39 bits per heavy atom. The predicted octanol–water partition coefficient (Wildman–Crippen LogP) is 7.23. The van der Waals surface area contributed by atoms with Crippen molar-refractivity contribution in [2.45, 2.75) is 5.92 Å². The molecular formula is C26H16Cl2N2O. The molecule has 1 unspecified atom stereocenters. The number of anilines is 2. The molecule has 0 radical (unpaired) electrons. The van der Waals surface area contributed by atoms with Crippen LogP contribution in [-0.2, 0) is 0 Å². The van der Waals surface area contributed by atoms with Gasteiger partial charge in [0, 0.05) is 27.0 Å². The Labute approximate surface area is 188 Å². The highest BCUT2D eigenvalue weighted by molar-refractivity contribution is 6.35. The lowest BCUT2D eigenvalue weighted by atomic mass is 9.78. The third-order valence-electron chi connectivity index (χ3n) is 6.04. The number of halogens is 2. The molecule has 0 spiro atoms. The first-order valence-electron chi connectivity index (χ1n) is 10.0. The van der Waals surface area contributed by atoms with Crippen LogP contribution < -0.4 is 10.9 Å². The topological polar surface area (TPSA) is 44.9 Å². The minimum absolute atomic E-state index is 0.129. The van der Waals surface area contributed by atoms with Crippen molar-refractivity contribution in [3.8, 4) is 0 Å². The normalized spacial score (nSPS) is 14.8. The van der Waals surface area contributed by atoms with Gasteiger partial charge in [0.15, 0.2) is 0 Å². The molecular weight excluding hydrogens is 427 g/mol. The van der Waals surface area contributed by atoms with E-state index in [2.05, 4.69) is 34.6 Å². The molecule has 1 aromatic heterocycles. The van der Waals surface area contributed by atoms with Gasteiger partial charge in [-0.25, -0.2) is 0 Å². The van der Waals surface area contributed by atoms with E-state index in [0.717, 1.165) is 44.2 Å². The zero-order valence-corrected chi connectivity index (χ0v) is 17.8. The summed E-state index contributed by atoms with van der Waals surface area (Å²) < 4.78 is 0. The van der Waals surface area contributed by atoms with Crippen LogP contribution in [0.4, 0.5) is 11.4 Å². The number of benzene rings is 4. The number of nitrogens with one attached hydrogen (secondary N) is 2. The molecule has 0 saturated carbocycles. The van der Waals surface area contributed by atoms with Gasteiger partial charge in [0.2, 0.25) is 0 Å². The zero-order chi connectivity index (χ0) is 21.1. The third kappa shape index (κ3) is 2.78. The summed E-state index contributed by atoms with van der Waals surface area (Å²) in [5.74, 6) is -0.338. The first-order chi connectivity index (χ1) is 15.1. The molecule has 3 nitrogen and oxygen atoms in total. The summed E-state index contributed by atoms with van der Waals surface area (Å²) in [4.78, 5) is 16.5. The SMILES string of the molecule is O=c1[nH]c2ccccc2c2c1C(c1ccc(Cl)cc1Cl)c1c(ccc3ccccc13)N2. The van der Waals surface area contributed by atoms with Gasteiger partial charge < -0.3 is 10.3 Å². The second kappa shape index (κ2) is 6.88. The molecule has 0 aliphatic carbocycles. The summed E-state index contributed by atoms with van der Waals surface area (Å²) in [7, 11) is 0. The fourth-order valence-electron chi connectivity index (χ4n) is 4.71. The summed E-state index contributed by atoms with van der Waals surface area (Å²) >= 11 is 12.9. The van der Waals surface area contributed by atoms with Gasteiger partial charge in [-0.3, -0.25) is 4.79 Å². The van der Waals surface area contributed by atoms with E-state index >= 15 is 0 Å². The number of aromatic nitrogens is 1. The van der Waals surface area contributed by atoms with Crippen molar-refractivity contribution >= 4 is 56.3 Å². The van der Waals surface area contributed by atoms with Crippen LogP contribution in [-0.4, -0.2) is 4.98 Å². The van der Waals surface area contributed by atoms with Crippen molar-refractivity contribution in [3.63, 3.8) is 0 Å². The van der Waals surface area contributed by atoms with Gasteiger partial charge in [-0.15, -0.1) is 0 Å². The molecule has 6 rings (SSSR count). The van der Waals surface area contributed by atoms with Crippen LogP contribution in [0, 0.1) is 0 Å². The van der Waals surface area contributed by atoms with Crippen LogP contribution in [0.1, 0.15) is 22.6 Å². The predicted molar refractivity (Wildman–Crippen MR) is 129 cm³/mol. The molecule has 0 bridgehead atoms. The Morgan fingerprint density at radius 2 is 1.55 bits per heavy atom. The highest BCUT2D eigenvalue weighted by atomic mass is 35.5. The largest absolute Gasteiger partial charge is 0.354 e. The molecule has 1 aliphatic heterocycles. The Balaban J connectivity index is 1.78. The fraction of sp³-hybridized carbons (Fsp3) is 0.0385. The number of aromatic amines is 1. The number of pyridine rings is 1. The summed E-state index contributed by atoms with van der Waals surface area (Å²) in [6.07, 6.45) is 0. The number of hydrogen-bond acceptors (Lipinski definition) is 2. The highest BCUT2D eigenvalue weighted by Crippen LogP contribution is 2.49. The molecule has 31 heavy (non-hydrogen) atoms. The summed E-state index contributed by atoms with van der Waals surface area (Å²) in [5, 5.41) is 7.82. The van der Waals surface area contributed by atoms with Crippen LogP contribution in [0.25, 0.3) is 21.7 Å². The molecule has 1 atom stereocenters. The number of hydrogen-bond donors (Lipinski definition) is 2. The average molecular weight is 443 g/mol. The van der Waals surface area contributed by atoms with E-state index < -0.39 is 0 Å². The molecule has 4 aromatic carbocycles. The fourth-order valence-corrected chi connectivity index (χ4v) is 5.23. The second-order valence-electron chi connectivity index (χ2n) is 7.76. The number of rotatable bonds is 1. The van der Waals surface area contributed by atoms with Gasteiger partial charge in [-0.05, 0) is 46.2 Å². The highest BCUT2D eigenvalue weighted by Gasteiger charge is 2.33. The van der Waals surface area contributed by atoms with E-state index in [9.17, 15) is 4.79 Å². The van der Waals surface area contributed by atoms with Gasteiger partial charge >= 0.3 is 0 Å².